The molecule has 0 atom stereocenters. The van der Waals surface area contributed by atoms with Gasteiger partial charge in [-0.3, -0.25) is 14.9 Å². The first-order valence-corrected chi connectivity index (χ1v) is 8.04. The van der Waals surface area contributed by atoms with Crippen LogP contribution in [0.25, 0.3) is 11.3 Å². The zero-order valence-corrected chi connectivity index (χ0v) is 13.7. The second-order valence-corrected chi connectivity index (χ2v) is 6.32. The number of aliphatic carboxylic acids is 1. The van der Waals surface area contributed by atoms with Crippen LogP contribution in [-0.4, -0.2) is 22.0 Å². The van der Waals surface area contributed by atoms with Gasteiger partial charge in [0.2, 0.25) is 0 Å². The van der Waals surface area contributed by atoms with Crippen molar-refractivity contribution in [2.75, 3.05) is 5.32 Å². The molecule has 2 N–H and O–H groups in total. The first-order chi connectivity index (χ1) is 11.5. The van der Waals surface area contributed by atoms with E-state index in [1.165, 1.54) is 12.3 Å². The number of anilines is 1. The molecule has 0 unspecified atom stereocenters. The molecule has 0 aliphatic heterocycles. The Morgan fingerprint density at radius 3 is 2.62 bits per heavy atom. The quantitative estimate of drug-likeness (QED) is 0.717. The fourth-order valence-corrected chi connectivity index (χ4v) is 3.16. The second kappa shape index (κ2) is 6.86. The molecule has 0 aliphatic carbocycles. The highest BCUT2D eigenvalue weighted by Crippen LogP contribution is 2.32. The van der Waals surface area contributed by atoms with Crippen molar-refractivity contribution in [2.45, 2.75) is 6.42 Å². The lowest BCUT2D eigenvalue weighted by atomic mass is 10.1. The number of amides is 1. The fourth-order valence-electron chi connectivity index (χ4n) is 2.06. The molecule has 122 valence electrons. The summed E-state index contributed by atoms with van der Waals surface area (Å²) in [5, 5.41) is 12.6. The number of nitrogens with one attached hydrogen (secondary N) is 1. The van der Waals surface area contributed by atoms with Crippen molar-refractivity contribution >= 4 is 39.9 Å². The Bertz CT molecular complexity index is 872. The maximum absolute atomic E-state index is 12.0. The SMILES string of the molecule is O=C(O)Cc1sc(NC(=O)c2ccco2)nc1-c1ccc(Cl)cc1. The van der Waals surface area contributed by atoms with Gasteiger partial charge in [0.25, 0.3) is 5.91 Å². The minimum absolute atomic E-state index is 0.151. The molecule has 0 saturated heterocycles. The standard InChI is InChI=1S/C16H11ClN2O4S/c17-10-5-3-9(4-6-10)14-12(8-13(20)21)24-16(18-14)19-15(22)11-2-1-7-23-11/h1-7H,8H2,(H,20,21)(H,18,19,22). The van der Waals surface area contributed by atoms with Gasteiger partial charge >= 0.3 is 5.97 Å². The van der Waals surface area contributed by atoms with Crippen LogP contribution in [0.15, 0.2) is 47.1 Å². The second-order valence-electron chi connectivity index (χ2n) is 4.80. The summed E-state index contributed by atoms with van der Waals surface area (Å²) >= 11 is 6.99. The van der Waals surface area contributed by atoms with Crippen LogP contribution in [0.4, 0.5) is 5.13 Å². The van der Waals surface area contributed by atoms with Gasteiger partial charge in [-0.25, -0.2) is 4.98 Å². The third kappa shape index (κ3) is 3.64. The van der Waals surface area contributed by atoms with Crippen LogP contribution in [0.1, 0.15) is 15.4 Å². The minimum atomic E-state index is -0.974. The molecule has 1 aromatic carbocycles. The molecular weight excluding hydrogens is 352 g/mol. The van der Waals surface area contributed by atoms with Crippen LogP contribution in [0, 0.1) is 0 Å². The number of rotatable bonds is 5. The highest BCUT2D eigenvalue weighted by atomic mass is 35.5. The van der Waals surface area contributed by atoms with E-state index in [1.807, 2.05) is 0 Å². The molecule has 0 fully saturated rings. The van der Waals surface area contributed by atoms with Gasteiger partial charge < -0.3 is 9.52 Å². The van der Waals surface area contributed by atoms with Crippen molar-refractivity contribution in [2.24, 2.45) is 0 Å². The lowest BCUT2D eigenvalue weighted by molar-refractivity contribution is -0.136. The number of aromatic nitrogens is 1. The van der Waals surface area contributed by atoms with Gasteiger partial charge in [0, 0.05) is 15.5 Å². The third-order valence-electron chi connectivity index (χ3n) is 3.09. The highest BCUT2D eigenvalue weighted by Gasteiger charge is 2.18. The van der Waals surface area contributed by atoms with Crippen LogP contribution in [0.3, 0.4) is 0 Å². The van der Waals surface area contributed by atoms with E-state index in [1.54, 1.807) is 30.3 Å². The molecule has 24 heavy (non-hydrogen) atoms. The molecule has 0 saturated carbocycles. The van der Waals surface area contributed by atoms with Gasteiger partial charge in [0.1, 0.15) is 0 Å². The molecule has 6 nitrogen and oxygen atoms in total. The zero-order chi connectivity index (χ0) is 17.1. The van der Waals surface area contributed by atoms with Crippen LogP contribution in [-0.2, 0) is 11.2 Å². The summed E-state index contributed by atoms with van der Waals surface area (Å²) < 4.78 is 5.02. The summed E-state index contributed by atoms with van der Waals surface area (Å²) in [6.07, 6.45) is 1.21. The predicted octanol–water partition coefficient (Wildman–Crippen LogP) is 3.94. The Hall–Kier alpha value is -2.64. The van der Waals surface area contributed by atoms with Crippen molar-refractivity contribution in [1.82, 2.24) is 4.98 Å². The smallest absolute Gasteiger partial charge is 0.308 e. The summed E-state index contributed by atoms with van der Waals surface area (Å²) in [5.41, 5.74) is 1.24. The van der Waals surface area contributed by atoms with Crippen molar-refractivity contribution in [3.05, 3.63) is 58.3 Å². The van der Waals surface area contributed by atoms with Crippen molar-refractivity contribution in [3.8, 4) is 11.3 Å². The number of halogens is 1. The van der Waals surface area contributed by atoms with Crippen molar-refractivity contribution in [1.29, 1.82) is 0 Å². The van der Waals surface area contributed by atoms with Gasteiger partial charge in [-0.1, -0.05) is 23.7 Å². The van der Waals surface area contributed by atoms with E-state index in [0.717, 1.165) is 16.9 Å². The lowest BCUT2D eigenvalue weighted by Gasteiger charge is -2.00. The fraction of sp³-hybridized carbons (Fsp3) is 0.0625. The number of thiazole rings is 1. The Labute approximate surface area is 145 Å². The number of carbonyl (C=O) groups is 2. The first kappa shape index (κ1) is 16.2. The Balaban J connectivity index is 1.92. The Morgan fingerprint density at radius 1 is 1.25 bits per heavy atom. The minimum Gasteiger partial charge on any atom is -0.481 e. The topological polar surface area (TPSA) is 92.4 Å². The van der Waals surface area contributed by atoms with Gasteiger partial charge in [-0.05, 0) is 24.3 Å². The number of carboxylic acids is 1. The van der Waals surface area contributed by atoms with Crippen LogP contribution < -0.4 is 5.32 Å². The Morgan fingerprint density at radius 2 is 2.00 bits per heavy atom. The largest absolute Gasteiger partial charge is 0.481 e. The molecule has 0 bridgehead atoms. The molecular formula is C16H11ClN2O4S. The van der Waals surface area contributed by atoms with Crippen molar-refractivity contribution in [3.63, 3.8) is 0 Å². The zero-order valence-electron chi connectivity index (χ0n) is 12.2. The van der Waals surface area contributed by atoms with Gasteiger partial charge in [0.05, 0.1) is 18.4 Å². The summed E-state index contributed by atoms with van der Waals surface area (Å²) in [6.45, 7) is 0. The van der Waals surface area contributed by atoms with E-state index >= 15 is 0 Å². The molecule has 0 spiro atoms. The van der Waals surface area contributed by atoms with E-state index in [2.05, 4.69) is 10.3 Å². The number of hydrogen-bond acceptors (Lipinski definition) is 5. The summed E-state index contributed by atoms with van der Waals surface area (Å²) in [4.78, 5) is 28.0. The average Bonchev–Trinajstić information content (AvgIpc) is 3.18. The van der Waals surface area contributed by atoms with Gasteiger partial charge in [-0.2, -0.15) is 0 Å². The number of hydrogen-bond donors (Lipinski definition) is 2. The number of carbonyl (C=O) groups excluding carboxylic acids is 1. The summed E-state index contributed by atoms with van der Waals surface area (Å²) in [7, 11) is 0. The highest BCUT2D eigenvalue weighted by molar-refractivity contribution is 7.16. The number of benzene rings is 1. The monoisotopic (exact) mass is 362 g/mol. The maximum Gasteiger partial charge on any atom is 0.308 e. The number of nitrogens with zero attached hydrogens (tertiary/aromatic N) is 1. The Kier molecular flexibility index (Phi) is 4.64. The molecule has 2 heterocycles. The lowest BCUT2D eigenvalue weighted by Crippen LogP contribution is -2.10. The molecule has 8 heteroatoms. The summed E-state index contributed by atoms with van der Waals surface area (Å²) in [5.74, 6) is -1.27. The number of carboxylic acid groups (broad SMARTS) is 1. The normalized spacial score (nSPS) is 10.5. The molecule has 3 rings (SSSR count). The van der Waals surface area contributed by atoms with E-state index in [-0.39, 0.29) is 12.2 Å². The first-order valence-electron chi connectivity index (χ1n) is 6.85. The van der Waals surface area contributed by atoms with Crippen LogP contribution >= 0.6 is 22.9 Å². The van der Waals surface area contributed by atoms with E-state index in [0.29, 0.717) is 20.7 Å². The molecule has 1 amide bonds. The number of furan rings is 1. The van der Waals surface area contributed by atoms with E-state index in [4.69, 9.17) is 21.1 Å². The average molecular weight is 363 g/mol. The summed E-state index contributed by atoms with van der Waals surface area (Å²) in [6, 6.07) is 10.0. The van der Waals surface area contributed by atoms with Gasteiger partial charge in [-0.15, -0.1) is 11.3 Å². The molecule has 2 aromatic heterocycles. The van der Waals surface area contributed by atoms with Crippen molar-refractivity contribution < 1.29 is 19.1 Å². The molecule has 3 aromatic rings. The van der Waals surface area contributed by atoms with Gasteiger partial charge in [0.15, 0.2) is 10.9 Å². The van der Waals surface area contributed by atoms with Crippen LogP contribution in [0.2, 0.25) is 5.02 Å². The third-order valence-corrected chi connectivity index (χ3v) is 4.31. The predicted molar refractivity (Wildman–Crippen MR) is 90.6 cm³/mol. The molecule has 0 aliphatic rings. The van der Waals surface area contributed by atoms with Crippen LogP contribution in [0.5, 0.6) is 0 Å². The van der Waals surface area contributed by atoms with E-state index < -0.39 is 11.9 Å². The molecule has 0 radical (unpaired) electrons. The maximum atomic E-state index is 12.0. The van der Waals surface area contributed by atoms with E-state index in [9.17, 15) is 9.59 Å².